The number of para-hydroxylation sites is 1. The first kappa shape index (κ1) is 15.8. The van der Waals surface area contributed by atoms with E-state index >= 15 is 0 Å². The van der Waals surface area contributed by atoms with Crippen LogP contribution in [0, 0.1) is 5.82 Å². The van der Waals surface area contributed by atoms with E-state index in [0.29, 0.717) is 24.9 Å². The van der Waals surface area contributed by atoms with Crippen molar-refractivity contribution < 1.29 is 13.6 Å². The van der Waals surface area contributed by atoms with Crippen LogP contribution < -0.4 is 10.6 Å². The summed E-state index contributed by atoms with van der Waals surface area (Å²) in [5, 5.41) is 6.92. The van der Waals surface area contributed by atoms with Gasteiger partial charge in [0.25, 0.3) is 0 Å². The topological polar surface area (TPSA) is 54.3 Å². The first-order valence-electron chi connectivity index (χ1n) is 8.49. The number of fused-ring (bicyclic) bond motifs is 2. The summed E-state index contributed by atoms with van der Waals surface area (Å²) in [5.41, 5.74) is 2.74. The van der Waals surface area contributed by atoms with Crippen molar-refractivity contribution in [2.45, 2.75) is 25.8 Å². The van der Waals surface area contributed by atoms with E-state index < -0.39 is 0 Å². The number of rotatable bonds is 4. The fraction of sp³-hybridized carbons (Fsp3) is 0.250. The predicted octanol–water partition coefficient (Wildman–Crippen LogP) is 3.79. The largest absolute Gasteiger partial charge is 0.461 e. The molecule has 128 valence electrons. The SMILES string of the molecule is O=C(CCc1cc2ccccc2o1)Nc1ccc2c(c1F)CCNC2. The van der Waals surface area contributed by atoms with E-state index in [1.54, 1.807) is 6.07 Å². The predicted molar refractivity (Wildman–Crippen MR) is 95.0 cm³/mol. The molecule has 0 saturated carbocycles. The third kappa shape index (κ3) is 3.28. The van der Waals surface area contributed by atoms with Gasteiger partial charge in [0.05, 0.1) is 5.69 Å². The van der Waals surface area contributed by atoms with Gasteiger partial charge in [0, 0.05) is 24.8 Å². The molecule has 0 radical (unpaired) electrons. The van der Waals surface area contributed by atoms with Gasteiger partial charge in [-0.05, 0) is 42.3 Å². The standard InChI is InChI=1S/C20H19FN2O2/c21-20-16-9-10-22-12-14(16)5-7-17(20)23-19(24)8-6-15-11-13-3-1-2-4-18(13)25-15/h1-5,7,11,22H,6,8-10,12H2,(H,23,24). The van der Waals surface area contributed by atoms with Gasteiger partial charge in [0.2, 0.25) is 5.91 Å². The van der Waals surface area contributed by atoms with Gasteiger partial charge in [-0.2, -0.15) is 0 Å². The normalized spacial score (nSPS) is 13.6. The van der Waals surface area contributed by atoms with E-state index in [9.17, 15) is 9.18 Å². The average molecular weight is 338 g/mol. The number of benzene rings is 2. The molecule has 0 fully saturated rings. The number of anilines is 1. The molecule has 1 aromatic heterocycles. The Morgan fingerprint density at radius 1 is 1.24 bits per heavy atom. The molecule has 25 heavy (non-hydrogen) atoms. The summed E-state index contributed by atoms with van der Waals surface area (Å²) in [6.45, 7) is 1.43. The molecule has 4 rings (SSSR count). The third-order valence-corrected chi connectivity index (χ3v) is 4.56. The summed E-state index contributed by atoms with van der Waals surface area (Å²) in [5.74, 6) is 0.234. The van der Waals surface area contributed by atoms with E-state index in [4.69, 9.17) is 4.42 Å². The highest BCUT2D eigenvalue weighted by Gasteiger charge is 2.17. The van der Waals surface area contributed by atoms with Crippen LogP contribution in [0.3, 0.4) is 0 Å². The maximum Gasteiger partial charge on any atom is 0.224 e. The first-order chi connectivity index (χ1) is 12.2. The van der Waals surface area contributed by atoms with E-state index in [1.165, 1.54) is 0 Å². The van der Waals surface area contributed by atoms with Crippen molar-refractivity contribution in [3.8, 4) is 0 Å². The van der Waals surface area contributed by atoms with Gasteiger partial charge in [-0.15, -0.1) is 0 Å². The van der Waals surface area contributed by atoms with Crippen molar-refractivity contribution in [1.82, 2.24) is 5.32 Å². The molecule has 1 aliphatic rings. The molecule has 0 spiro atoms. The molecule has 2 aromatic carbocycles. The van der Waals surface area contributed by atoms with Crippen molar-refractivity contribution in [3.05, 3.63) is 65.2 Å². The van der Waals surface area contributed by atoms with Gasteiger partial charge in [-0.1, -0.05) is 24.3 Å². The fourth-order valence-corrected chi connectivity index (χ4v) is 3.24. The summed E-state index contributed by atoms with van der Waals surface area (Å²) in [7, 11) is 0. The zero-order valence-corrected chi connectivity index (χ0v) is 13.8. The minimum absolute atomic E-state index is 0.215. The van der Waals surface area contributed by atoms with Crippen LogP contribution >= 0.6 is 0 Å². The van der Waals surface area contributed by atoms with Gasteiger partial charge in [-0.3, -0.25) is 4.79 Å². The Labute approximate surface area is 145 Å². The minimum atomic E-state index is -0.309. The van der Waals surface area contributed by atoms with E-state index in [0.717, 1.165) is 28.8 Å². The van der Waals surface area contributed by atoms with E-state index in [-0.39, 0.29) is 23.8 Å². The van der Waals surface area contributed by atoms with E-state index in [1.807, 2.05) is 36.4 Å². The number of hydrogen-bond donors (Lipinski definition) is 2. The Kier molecular flexibility index (Phi) is 4.24. The van der Waals surface area contributed by atoms with Crippen LogP contribution in [0.25, 0.3) is 11.0 Å². The number of hydrogen-bond acceptors (Lipinski definition) is 3. The van der Waals surface area contributed by atoms with Crippen molar-refractivity contribution in [2.75, 3.05) is 11.9 Å². The van der Waals surface area contributed by atoms with Crippen molar-refractivity contribution in [1.29, 1.82) is 0 Å². The summed E-state index contributed by atoms with van der Waals surface area (Å²) in [6.07, 6.45) is 1.37. The molecule has 0 unspecified atom stereocenters. The lowest BCUT2D eigenvalue weighted by Gasteiger charge is -2.19. The molecular weight excluding hydrogens is 319 g/mol. The molecule has 0 bridgehead atoms. The Hall–Kier alpha value is -2.66. The van der Waals surface area contributed by atoms with Crippen LogP contribution in [-0.2, 0) is 24.2 Å². The van der Waals surface area contributed by atoms with Crippen molar-refractivity contribution in [2.24, 2.45) is 0 Å². The van der Waals surface area contributed by atoms with Crippen LogP contribution in [0.5, 0.6) is 0 Å². The Morgan fingerprint density at radius 3 is 3.00 bits per heavy atom. The molecule has 2 N–H and O–H groups in total. The highest BCUT2D eigenvalue weighted by Crippen LogP contribution is 2.25. The molecule has 2 heterocycles. The van der Waals surface area contributed by atoms with Crippen molar-refractivity contribution >= 4 is 22.6 Å². The molecule has 4 nitrogen and oxygen atoms in total. The minimum Gasteiger partial charge on any atom is -0.461 e. The zero-order chi connectivity index (χ0) is 17.2. The van der Waals surface area contributed by atoms with Crippen LogP contribution in [-0.4, -0.2) is 12.5 Å². The summed E-state index contributed by atoms with van der Waals surface area (Å²) in [4.78, 5) is 12.2. The van der Waals surface area contributed by atoms with Gasteiger partial charge in [0.1, 0.15) is 17.2 Å². The fourth-order valence-electron chi connectivity index (χ4n) is 3.24. The maximum atomic E-state index is 14.6. The number of furan rings is 1. The number of amides is 1. The monoisotopic (exact) mass is 338 g/mol. The quantitative estimate of drug-likeness (QED) is 0.761. The van der Waals surface area contributed by atoms with Crippen LogP contribution in [0.15, 0.2) is 46.9 Å². The Bertz CT molecular complexity index is 900. The molecule has 1 aliphatic heterocycles. The van der Waals surface area contributed by atoms with Gasteiger partial charge >= 0.3 is 0 Å². The zero-order valence-electron chi connectivity index (χ0n) is 13.8. The molecule has 3 aromatic rings. The smallest absolute Gasteiger partial charge is 0.224 e. The maximum absolute atomic E-state index is 14.6. The Balaban J connectivity index is 1.42. The molecule has 5 heteroatoms. The molecule has 0 atom stereocenters. The number of halogens is 1. The number of carbonyl (C=O) groups is 1. The molecular formula is C20H19FN2O2. The second kappa shape index (κ2) is 6.69. The number of carbonyl (C=O) groups excluding carboxylic acids is 1. The molecule has 1 amide bonds. The van der Waals surface area contributed by atoms with E-state index in [2.05, 4.69) is 10.6 Å². The summed E-state index contributed by atoms with van der Waals surface area (Å²) in [6, 6.07) is 13.2. The second-order valence-corrected chi connectivity index (χ2v) is 6.29. The number of aryl methyl sites for hydroxylation is 1. The highest BCUT2D eigenvalue weighted by molar-refractivity contribution is 5.91. The summed E-state index contributed by atoms with van der Waals surface area (Å²) < 4.78 is 20.3. The lowest BCUT2D eigenvalue weighted by Crippen LogP contribution is -2.25. The van der Waals surface area contributed by atoms with Crippen molar-refractivity contribution in [3.63, 3.8) is 0 Å². The molecule has 0 aliphatic carbocycles. The lowest BCUT2D eigenvalue weighted by atomic mass is 9.99. The van der Waals surface area contributed by atoms with Gasteiger partial charge < -0.3 is 15.1 Å². The first-order valence-corrected chi connectivity index (χ1v) is 8.49. The Morgan fingerprint density at radius 2 is 2.12 bits per heavy atom. The van der Waals surface area contributed by atoms with Crippen LogP contribution in [0.1, 0.15) is 23.3 Å². The average Bonchev–Trinajstić information content (AvgIpc) is 3.06. The summed E-state index contributed by atoms with van der Waals surface area (Å²) >= 11 is 0. The lowest BCUT2D eigenvalue weighted by molar-refractivity contribution is -0.116. The highest BCUT2D eigenvalue weighted by atomic mass is 19.1. The van der Waals surface area contributed by atoms with Crippen LogP contribution in [0.2, 0.25) is 0 Å². The molecule has 0 saturated heterocycles. The number of nitrogens with one attached hydrogen (secondary N) is 2. The van der Waals surface area contributed by atoms with Gasteiger partial charge in [0.15, 0.2) is 0 Å². The van der Waals surface area contributed by atoms with Gasteiger partial charge in [-0.25, -0.2) is 4.39 Å². The second-order valence-electron chi connectivity index (χ2n) is 6.29. The third-order valence-electron chi connectivity index (χ3n) is 4.56. The van der Waals surface area contributed by atoms with Crippen LogP contribution in [0.4, 0.5) is 10.1 Å².